The summed E-state index contributed by atoms with van der Waals surface area (Å²) < 4.78 is 11.4. The molecule has 2 aromatic rings. The fourth-order valence-electron chi connectivity index (χ4n) is 3.76. The summed E-state index contributed by atoms with van der Waals surface area (Å²) in [4.78, 5) is 33.2. The maximum atomic E-state index is 13.0. The van der Waals surface area contributed by atoms with Crippen molar-refractivity contribution < 1.29 is 19.1 Å². The molecule has 1 atom stereocenters. The number of nitrogens with zero attached hydrogens (tertiary/aromatic N) is 3. The summed E-state index contributed by atoms with van der Waals surface area (Å²) in [5.41, 5.74) is 0.532. The molecule has 0 N–H and O–H groups in total. The molecule has 1 aromatic heterocycles. The van der Waals surface area contributed by atoms with Crippen LogP contribution < -0.4 is 9.64 Å². The smallest absolute Gasteiger partial charge is 0.414 e. The van der Waals surface area contributed by atoms with Gasteiger partial charge in [0, 0.05) is 35.6 Å². The lowest BCUT2D eigenvalue weighted by molar-refractivity contribution is 0.0574. The van der Waals surface area contributed by atoms with Crippen LogP contribution in [0.3, 0.4) is 0 Å². The molecule has 1 aliphatic rings. The van der Waals surface area contributed by atoms with Crippen molar-refractivity contribution in [2.24, 2.45) is 0 Å². The number of hydrogen-bond acceptors (Lipinski definition) is 5. The van der Waals surface area contributed by atoms with E-state index in [1.54, 1.807) is 42.7 Å². The van der Waals surface area contributed by atoms with Crippen LogP contribution in [0, 0.1) is 0 Å². The first-order valence-corrected chi connectivity index (χ1v) is 11.7. The van der Waals surface area contributed by atoms with Gasteiger partial charge in [0.05, 0.1) is 12.2 Å². The second-order valence-corrected chi connectivity index (χ2v) is 9.64. The number of aromatic nitrogens is 1. The van der Waals surface area contributed by atoms with Gasteiger partial charge in [-0.1, -0.05) is 11.6 Å². The van der Waals surface area contributed by atoms with Gasteiger partial charge >= 0.3 is 6.09 Å². The number of rotatable bonds is 6. The molecular weight excluding hydrogens is 442 g/mol. The first-order valence-electron chi connectivity index (χ1n) is 11.3. The van der Waals surface area contributed by atoms with Crippen molar-refractivity contribution in [3.05, 3.63) is 53.3 Å². The number of halogens is 1. The number of amides is 2. The Kier molecular flexibility index (Phi) is 8.19. The summed E-state index contributed by atoms with van der Waals surface area (Å²) in [6.07, 6.45) is 5.91. The Morgan fingerprint density at radius 2 is 1.91 bits per heavy atom. The first kappa shape index (κ1) is 24.8. The fraction of sp³-hybridized carbons (Fsp3) is 0.480. The summed E-state index contributed by atoms with van der Waals surface area (Å²) in [5.74, 6) is 0.441. The lowest BCUT2D eigenvalue weighted by Gasteiger charge is -2.33. The molecule has 1 aliphatic heterocycles. The van der Waals surface area contributed by atoms with Crippen LogP contribution in [0.5, 0.6) is 5.75 Å². The van der Waals surface area contributed by atoms with Crippen LogP contribution in [0.25, 0.3) is 0 Å². The highest BCUT2D eigenvalue weighted by Crippen LogP contribution is 2.25. The van der Waals surface area contributed by atoms with E-state index in [0.717, 1.165) is 25.8 Å². The van der Waals surface area contributed by atoms with E-state index < -0.39 is 11.7 Å². The summed E-state index contributed by atoms with van der Waals surface area (Å²) in [6.45, 7) is 8.72. The molecule has 0 radical (unpaired) electrons. The van der Waals surface area contributed by atoms with E-state index in [9.17, 15) is 9.59 Å². The number of benzene rings is 1. The van der Waals surface area contributed by atoms with Crippen LogP contribution in [0.2, 0.25) is 5.02 Å². The number of ether oxygens (including phenoxy) is 2. The highest BCUT2D eigenvalue weighted by molar-refractivity contribution is 6.31. The number of carbonyl (C=O) groups is 2. The molecule has 0 aliphatic carbocycles. The summed E-state index contributed by atoms with van der Waals surface area (Å²) in [5, 5.41) is 0.429. The Hall–Kier alpha value is -2.80. The van der Waals surface area contributed by atoms with Gasteiger partial charge in [-0.15, -0.1) is 0 Å². The zero-order valence-corrected chi connectivity index (χ0v) is 20.5. The van der Waals surface area contributed by atoms with E-state index in [1.165, 1.54) is 4.90 Å². The highest BCUT2D eigenvalue weighted by Gasteiger charge is 2.26. The molecule has 33 heavy (non-hydrogen) atoms. The lowest BCUT2D eigenvalue weighted by Crippen LogP contribution is -2.42. The maximum Gasteiger partial charge on any atom is 0.414 e. The van der Waals surface area contributed by atoms with Crippen LogP contribution in [0.1, 0.15) is 57.3 Å². The third-order valence-electron chi connectivity index (χ3n) is 5.35. The van der Waals surface area contributed by atoms with Crippen LogP contribution in [0.4, 0.5) is 10.5 Å². The van der Waals surface area contributed by atoms with Gasteiger partial charge in [-0.25, -0.2) is 4.79 Å². The van der Waals surface area contributed by atoms with Crippen molar-refractivity contribution in [2.45, 2.75) is 58.6 Å². The molecule has 2 amide bonds. The number of likely N-dealkylation sites (tertiary alicyclic amines) is 1. The number of anilines is 1. The molecule has 1 fully saturated rings. The Balaban J connectivity index is 1.70. The van der Waals surface area contributed by atoms with E-state index in [-0.39, 0.29) is 25.1 Å². The number of carbonyl (C=O) groups excluding carboxylic acids is 2. The zero-order chi connectivity index (χ0) is 24.0. The van der Waals surface area contributed by atoms with E-state index >= 15 is 0 Å². The minimum absolute atomic E-state index is 0.0401. The molecule has 0 spiro atoms. The Morgan fingerprint density at radius 3 is 2.58 bits per heavy atom. The van der Waals surface area contributed by atoms with Gasteiger partial charge in [0.1, 0.15) is 18.0 Å². The Bertz CT molecular complexity index is 962. The standard InChI is InChI=1S/C25H32ClN3O4/c1-18-7-5-6-12-28(18)23(30)19-15-20(26)17-22(16-19)32-14-13-29(21-8-10-27-11-9-21)24(31)33-25(2,3)4/h8-11,15-18H,5-7,12-14H2,1-4H3. The van der Waals surface area contributed by atoms with Crippen molar-refractivity contribution in [3.63, 3.8) is 0 Å². The van der Waals surface area contributed by atoms with Crippen molar-refractivity contribution in [3.8, 4) is 5.75 Å². The minimum atomic E-state index is -0.628. The predicted octanol–water partition coefficient (Wildman–Crippen LogP) is 5.57. The number of pyridine rings is 1. The van der Waals surface area contributed by atoms with E-state index in [0.29, 0.717) is 22.0 Å². The quantitative estimate of drug-likeness (QED) is 0.548. The van der Waals surface area contributed by atoms with E-state index in [4.69, 9.17) is 21.1 Å². The predicted molar refractivity (Wildman–Crippen MR) is 129 cm³/mol. The summed E-state index contributed by atoms with van der Waals surface area (Å²) in [6, 6.07) is 8.72. The van der Waals surface area contributed by atoms with Crippen molar-refractivity contribution in [1.29, 1.82) is 0 Å². The molecule has 1 saturated heterocycles. The zero-order valence-electron chi connectivity index (χ0n) is 19.7. The monoisotopic (exact) mass is 473 g/mol. The van der Waals surface area contributed by atoms with Gasteiger partial charge in [-0.2, -0.15) is 0 Å². The van der Waals surface area contributed by atoms with Gasteiger partial charge in [0.25, 0.3) is 5.91 Å². The number of hydrogen-bond donors (Lipinski definition) is 0. The van der Waals surface area contributed by atoms with Gasteiger partial charge in [-0.3, -0.25) is 14.7 Å². The maximum absolute atomic E-state index is 13.0. The van der Waals surface area contributed by atoms with E-state index in [1.807, 2.05) is 25.7 Å². The van der Waals surface area contributed by atoms with Crippen molar-refractivity contribution >= 4 is 29.3 Å². The van der Waals surface area contributed by atoms with Crippen molar-refractivity contribution in [2.75, 3.05) is 24.6 Å². The van der Waals surface area contributed by atoms with Crippen LogP contribution in [-0.4, -0.2) is 53.2 Å². The average molecular weight is 474 g/mol. The van der Waals surface area contributed by atoms with Crippen molar-refractivity contribution in [1.82, 2.24) is 9.88 Å². The van der Waals surface area contributed by atoms with Gasteiger partial charge in [-0.05, 0) is 77.3 Å². The van der Waals surface area contributed by atoms with Gasteiger partial charge in [0.15, 0.2) is 0 Å². The minimum Gasteiger partial charge on any atom is -0.492 e. The van der Waals surface area contributed by atoms with Crippen LogP contribution in [-0.2, 0) is 4.74 Å². The fourth-order valence-corrected chi connectivity index (χ4v) is 3.98. The molecule has 1 unspecified atom stereocenters. The largest absolute Gasteiger partial charge is 0.492 e. The topological polar surface area (TPSA) is 72.0 Å². The Labute approximate surface area is 200 Å². The molecule has 0 saturated carbocycles. The second kappa shape index (κ2) is 10.9. The van der Waals surface area contributed by atoms with Gasteiger partial charge < -0.3 is 14.4 Å². The van der Waals surface area contributed by atoms with E-state index in [2.05, 4.69) is 11.9 Å². The SMILES string of the molecule is CC1CCCCN1C(=O)c1cc(Cl)cc(OCCN(C(=O)OC(C)(C)C)c2ccncc2)c1. The normalized spacial score (nSPS) is 16.3. The Morgan fingerprint density at radius 1 is 1.18 bits per heavy atom. The van der Waals surface area contributed by atoms with Crippen LogP contribution in [0.15, 0.2) is 42.7 Å². The molecule has 1 aromatic carbocycles. The average Bonchev–Trinajstić information content (AvgIpc) is 2.75. The molecule has 7 nitrogen and oxygen atoms in total. The molecule has 3 rings (SSSR count). The number of piperidine rings is 1. The molecule has 2 heterocycles. The first-order chi connectivity index (χ1) is 15.6. The third-order valence-corrected chi connectivity index (χ3v) is 5.57. The third kappa shape index (κ3) is 7.09. The summed E-state index contributed by atoms with van der Waals surface area (Å²) in [7, 11) is 0. The highest BCUT2D eigenvalue weighted by atomic mass is 35.5. The summed E-state index contributed by atoms with van der Waals surface area (Å²) >= 11 is 6.29. The molecular formula is C25H32ClN3O4. The van der Waals surface area contributed by atoms with Gasteiger partial charge in [0.2, 0.25) is 0 Å². The lowest BCUT2D eigenvalue weighted by atomic mass is 10.0. The molecule has 8 heteroatoms. The van der Waals surface area contributed by atoms with Crippen LogP contribution >= 0.6 is 11.6 Å². The molecule has 0 bridgehead atoms. The second-order valence-electron chi connectivity index (χ2n) is 9.20. The molecule has 178 valence electrons.